The van der Waals surface area contributed by atoms with Gasteiger partial charge in [-0.25, -0.2) is 0 Å². The highest BCUT2D eigenvalue weighted by Gasteiger charge is 2.18. The van der Waals surface area contributed by atoms with Crippen molar-refractivity contribution in [3.63, 3.8) is 0 Å². The average molecular weight is 494 g/mol. The van der Waals surface area contributed by atoms with Crippen molar-refractivity contribution in [3.8, 4) is 0 Å². The van der Waals surface area contributed by atoms with Crippen LogP contribution in [0.15, 0.2) is 12.2 Å². The first-order valence-electron chi connectivity index (χ1n) is 15.2. The Hall–Kier alpha value is -1.16. The largest absolute Gasteiger partial charge is 0.387 e. The molecule has 0 spiro atoms. The van der Waals surface area contributed by atoms with E-state index >= 15 is 0 Å². The van der Waals surface area contributed by atoms with E-state index in [4.69, 9.17) is 0 Å². The van der Waals surface area contributed by atoms with Gasteiger partial charge in [-0.1, -0.05) is 142 Å². The Bertz CT molecular complexity index is 492. The Morgan fingerprint density at radius 1 is 0.686 bits per heavy atom. The van der Waals surface area contributed by atoms with E-state index in [0.29, 0.717) is 6.42 Å². The molecule has 4 nitrogen and oxygen atoms in total. The molecule has 2 N–H and O–H groups in total. The summed E-state index contributed by atoms with van der Waals surface area (Å²) in [6, 6.07) is -0.521. The molecule has 0 aromatic carbocycles. The van der Waals surface area contributed by atoms with Gasteiger partial charge in [0.15, 0.2) is 0 Å². The molecule has 206 valence electrons. The molecule has 0 bridgehead atoms. The standard InChI is InChI=1S/C31H59NO3/c1-3-5-7-9-11-13-14-15-16-18-19-21-23-25-30(34)29(27-28-33)32-31(35)26-24-22-20-17-12-10-8-6-4-2/h23,25,28-30,34H,3-22,24,26-27H2,1-2H3,(H,32,35)/b25-23+/t29-,30+/m0/s1. The third-order valence-corrected chi connectivity index (χ3v) is 6.92. The highest BCUT2D eigenvalue weighted by atomic mass is 16.3. The lowest BCUT2D eigenvalue weighted by atomic mass is 10.0. The zero-order chi connectivity index (χ0) is 25.8. The van der Waals surface area contributed by atoms with Crippen molar-refractivity contribution in [1.29, 1.82) is 0 Å². The van der Waals surface area contributed by atoms with E-state index in [2.05, 4.69) is 19.2 Å². The quantitative estimate of drug-likeness (QED) is 0.0684. The second-order valence-corrected chi connectivity index (χ2v) is 10.4. The third kappa shape index (κ3) is 24.3. The number of carbonyl (C=O) groups excluding carboxylic acids is 2. The summed E-state index contributed by atoms with van der Waals surface area (Å²) in [5.41, 5.74) is 0. The number of unbranched alkanes of at least 4 members (excludes halogenated alkanes) is 19. The topological polar surface area (TPSA) is 66.4 Å². The lowest BCUT2D eigenvalue weighted by Gasteiger charge is -2.20. The lowest BCUT2D eigenvalue weighted by Crippen LogP contribution is -2.42. The third-order valence-electron chi connectivity index (χ3n) is 6.92. The second-order valence-electron chi connectivity index (χ2n) is 10.4. The molecule has 0 heterocycles. The van der Waals surface area contributed by atoms with Crippen molar-refractivity contribution in [1.82, 2.24) is 5.32 Å². The lowest BCUT2D eigenvalue weighted by molar-refractivity contribution is -0.122. The summed E-state index contributed by atoms with van der Waals surface area (Å²) in [6.07, 6.45) is 30.8. The highest BCUT2D eigenvalue weighted by Crippen LogP contribution is 2.13. The minimum Gasteiger partial charge on any atom is -0.387 e. The van der Waals surface area contributed by atoms with Crippen LogP contribution in [0.2, 0.25) is 0 Å². The molecule has 0 saturated heterocycles. The van der Waals surface area contributed by atoms with Gasteiger partial charge in [0.1, 0.15) is 6.29 Å². The van der Waals surface area contributed by atoms with Gasteiger partial charge in [-0.15, -0.1) is 0 Å². The number of aliphatic hydroxyl groups is 1. The molecular weight excluding hydrogens is 434 g/mol. The second kappa shape index (κ2) is 27.4. The summed E-state index contributed by atoms with van der Waals surface area (Å²) in [7, 11) is 0. The summed E-state index contributed by atoms with van der Waals surface area (Å²) in [5, 5.41) is 13.3. The van der Waals surface area contributed by atoms with E-state index in [-0.39, 0.29) is 12.3 Å². The Balaban J connectivity index is 3.82. The normalized spacial score (nSPS) is 13.2. The number of nitrogens with one attached hydrogen (secondary N) is 1. The Labute approximate surface area is 218 Å². The van der Waals surface area contributed by atoms with Crippen molar-refractivity contribution < 1.29 is 14.7 Å². The Kier molecular flexibility index (Phi) is 26.5. The van der Waals surface area contributed by atoms with Gasteiger partial charge in [-0.2, -0.15) is 0 Å². The van der Waals surface area contributed by atoms with E-state index in [1.165, 1.54) is 109 Å². The summed E-state index contributed by atoms with van der Waals surface area (Å²) >= 11 is 0. The molecule has 0 aromatic rings. The van der Waals surface area contributed by atoms with Crippen LogP contribution in [0.3, 0.4) is 0 Å². The van der Waals surface area contributed by atoms with Crippen LogP contribution in [0.4, 0.5) is 0 Å². The van der Waals surface area contributed by atoms with Crippen molar-refractivity contribution >= 4 is 12.2 Å². The first-order valence-corrected chi connectivity index (χ1v) is 15.2. The highest BCUT2D eigenvalue weighted by molar-refractivity contribution is 5.76. The number of hydrogen-bond acceptors (Lipinski definition) is 3. The molecule has 1 amide bonds. The molecule has 0 saturated carbocycles. The zero-order valence-electron chi connectivity index (χ0n) is 23.4. The fourth-order valence-corrected chi connectivity index (χ4v) is 4.56. The predicted octanol–water partition coefficient (Wildman–Crippen LogP) is 8.60. The van der Waals surface area contributed by atoms with Gasteiger partial charge in [0, 0.05) is 12.8 Å². The molecular formula is C31H59NO3. The van der Waals surface area contributed by atoms with Gasteiger partial charge in [0.2, 0.25) is 5.91 Å². The maximum Gasteiger partial charge on any atom is 0.220 e. The first kappa shape index (κ1) is 33.8. The number of rotatable bonds is 27. The Morgan fingerprint density at radius 3 is 1.57 bits per heavy atom. The van der Waals surface area contributed by atoms with Crippen LogP contribution in [-0.2, 0) is 9.59 Å². The van der Waals surface area contributed by atoms with E-state index < -0.39 is 12.1 Å². The molecule has 0 aromatic heterocycles. The van der Waals surface area contributed by atoms with E-state index in [1.54, 1.807) is 6.08 Å². The summed E-state index contributed by atoms with van der Waals surface area (Å²) in [6.45, 7) is 4.50. The van der Waals surface area contributed by atoms with Gasteiger partial charge >= 0.3 is 0 Å². The number of aldehydes is 1. The van der Waals surface area contributed by atoms with Crippen LogP contribution >= 0.6 is 0 Å². The molecule has 0 radical (unpaired) electrons. The molecule has 0 aliphatic rings. The molecule has 0 unspecified atom stereocenters. The fraction of sp³-hybridized carbons (Fsp3) is 0.871. The number of hydrogen-bond donors (Lipinski definition) is 2. The molecule has 0 aliphatic carbocycles. The SMILES string of the molecule is CCCCCCCCCCCCC/C=C/[C@@H](O)[C@H](CC=O)NC(=O)CCCCCCCCCCC. The van der Waals surface area contributed by atoms with Gasteiger partial charge in [-0.3, -0.25) is 4.79 Å². The van der Waals surface area contributed by atoms with Crippen molar-refractivity contribution in [2.45, 2.75) is 174 Å². The van der Waals surface area contributed by atoms with Crippen LogP contribution < -0.4 is 5.32 Å². The molecule has 0 aliphatic heterocycles. The number of allylic oxidation sites excluding steroid dienone is 1. The summed E-state index contributed by atoms with van der Waals surface area (Å²) in [4.78, 5) is 23.3. The minimum absolute atomic E-state index is 0.0578. The van der Waals surface area contributed by atoms with Gasteiger partial charge in [0.25, 0.3) is 0 Å². The summed E-state index contributed by atoms with van der Waals surface area (Å²) in [5.74, 6) is -0.0578. The van der Waals surface area contributed by atoms with Crippen LogP contribution in [0.1, 0.15) is 162 Å². The van der Waals surface area contributed by atoms with Crippen LogP contribution in [0, 0.1) is 0 Å². The maximum atomic E-state index is 12.3. The maximum absolute atomic E-state index is 12.3. The van der Waals surface area contributed by atoms with E-state index in [0.717, 1.165) is 32.0 Å². The van der Waals surface area contributed by atoms with Crippen LogP contribution in [-0.4, -0.2) is 29.4 Å². The van der Waals surface area contributed by atoms with Gasteiger partial charge in [0.05, 0.1) is 12.1 Å². The van der Waals surface area contributed by atoms with Crippen molar-refractivity contribution in [2.24, 2.45) is 0 Å². The number of carbonyl (C=O) groups is 2. The summed E-state index contributed by atoms with van der Waals surface area (Å²) < 4.78 is 0. The first-order chi connectivity index (χ1) is 17.2. The minimum atomic E-state index is -0.806. The zero-order valence-corrected chi connectivity index (χ0v) is 23.4. The number of amides is 1. The molecule has 0 fully saturated rings. The Morgan fingerprint density at radius 2 is 1.11 bits per heavy atom. The van der Waals surface area contributed by atoms with Crippen LogP contribution in [0.5, 0.6) is 0 Å². The smallest absolute Gasteiger partial charge is 0.220 e. The van der Waals surface area contributed by atoms with E-state index in [9.17, 15) is 14.7 Å². The molecule has 2 atom stereocenters. The van der Waals surface area contributed by atoms with Gasteiger partial charge < -0.3 is 15.2 Å². The average Bonchev–Trinajstić information content (AvgIpc) is 2.85. The van der Waals surface area contributed by atoms with Gasteiger partial charge in [-0.05, 0) is 19.3 Å². The van der Waals surface area contributed by atoms with Crippen molar-refractivity contribution in [3.05, 3.63) is 12.2 Å². The van der Waals surface area contributed by atoms with Crippen molar-refractivity contribution in [2.75, 3.05) is 0 Å². The predicted molar refractivity (Wildman–Crippen MR) is 151 cm³/mol. The molecule has 35 heavy (non-hydrogen) atoms. The van der Waals surface area contributed by atoms with E-state index in [1.807, 2.05) is 6.08 Å². The molecule has 4 heteroatoms. The number of aliphatic hydroxyl groups excluding tert-OH is 1. The fourth-order valence-electron chi connectivity index (χ4n) is 4.56. The van der Waals surface area contributed by atoms with Crippen LogP contribution in [0.25, 0.3) is 0 Å². The molecule has 0 rings (SSSR count). The monoisotopic (exact) mass is 493 g/mol.